The average molecular weight is 534 g/mol. The number of carbonyl (C=O) groups excluding carboxylic acids is 1. The normalized spacial score (nSPS) is 11.5. The van der Waals surface area contributed by atoms with Gasteiger partial charge in [0, 0.05) is 16.6 Å². The summed E-state index contributed by atoms with van der Waals surface area (Å²) in [5.74, 6) is 0.105. The summed E-state index contributed by atoms with van der Waals surface area (Å²) in [6.45, 7) is 1.99. The monoisotopic (exact) mass is 533 g/mol. The third kappa shape index (κ3) is 4.92. The van der Waals surface area contributed by atoms with Crippen LogP contribution in [0.1, 0.15) is 20.8 Å². The lowest BCUT2D eigenvalue weighted by molar-refractivity contribution is -0.137. The Morgan fingerprint density at radius 1 is 0.974 bits per heavy atom. The number of nitrogens with zero attached hydrogens (tertiary/aromatic N) is 1. The maximum Gasteiger partial charge on any atom is 0.416 e. The zero-order chi connectivity index (χ0) is 27.0. The molecule has 3 aromatic carbocycles. The zero-order valence-electron chi connectivity index (χ0n) is 20.4. The van der Waals surface area contributed by atoms with Gasteiger partial charge in [0.05, 0.1) is 24.1 Å². The molecular formula is C29H22F3N3O2S. The molecule has 0 bridgehead atoms. The highest BCUT2D eigenvalue weighted by Gasteiger charge is 2.30. The second kappa shape index (κ2) is 9.83. The van der Waals surface area contributed by atoms with E-state index in [-0.39, 0.29) is 16.3 Å². The van der Waals surface area contributed by atoms with Crippen LogP contribution in [0.5, 0.6) is 5.75 Å². The van der Waals surface area contributed by atoms with Crippen LogP contribution in [0, 0.1) is 6.92 Å². The van der Waals surface area contributed by atoms with Crippen molar-refractivity contribution in [1.82, 2.24) is 4.98 Å². The van der Waals surface area contributed by atoms with Crippen LogP contribution in [-0.4, -0.2) is 18.0 Å². The molecule has 0 aliphatic rings. The summed E-state index contributed by atoms with van der Waals surface area (Å²) in [7, 11) is 1.59. The van der Waals surface area contributed by atoms with Crippen molar-refractivity contribution in [3.63, 3.8) is 0 Å². The van der Waals surface area contributed by atoms with Crippen molar-refractivity contribution in [3.05, 3.63) is 94.9 Å². The highest BCUT2D eigenvalue weighted by Crippen LogP contribution is 2.42. The number of amides is 1. The van der Waals surface area contributed by atoms with Gasteiger partial charge in [-0.05, 0) is 66.6 Å². The van der Waals surface area contributed by atoms with Gasteiger partial charge in [-0.25, -0.2) is 4.98 Å². The van der Waals surface area contributed by atoms with Gasteiger partial charge < -0.3 is 15.8 Å². The Balaban J connectivity index is 1.62. The molecule has 5 aromatic rings. The molecule has 0 aliphatic heterocycles. The number of aromatic nitrogens is 1. The van der Waals surface area contributed by atoms with Crippen LogP contribution in [0.15, 0.2) is 78.9 Å². The molecule has 9 heteroatoms. The molecule has 3 N–H and O–H groups in total. The molecule has 38 heavy (non-hydrogen) atoms. The fourth-order valence-corrected chi connectivity index (χ4v) is 5.14. The first-order valence-electron chi connectivity index (χ1n) is 11.6. The number of hydrogen-bond donors (Lipinski definition) is 2. The Kier molecular flexibility index (Phi) is 6.54. The number of nitrogens with one attached hydrogen (secondary N) is 1. The zero-order valence-corrected chi connectivity index (χ0v) is 21.2. The average Bonchev–Trinajstić information content (AvgIpc) is 3.25. The lowest BCUT2D eigenvalue weighted by atomic mass is 9.98. The number of nitrogen functional groups attached to an aromatic ring is 1. The molecule has 192 valence electrons. The fourth-order valence-electron chi connectivity index (χ4n) is 4.12. The van der Waals surface area contributed by atoms with E-state index in [1.54, 1.807) is 7.11 Å². The van der Waals surface area contributed by atoms with E-state index in [1.807, 2.05) is 61.5 Å². The number of benzene rings is 3. The predicted octanol–water partition coefficient (Wildman–Crippen LogP) is 7.80. The smallest absolute Gasteiger partial charge is 0.416 e. The number of alkyl halides is 3. The SMILES string of the molecule is COc1ccc(-c2cc(-c3ccc(C)cc3)c3c(N)c(C(=O)Nc4cccc(C(F)(F)F)c4)sc3n2)cc1. The minimum absolute atomic E-state index is 0.0207. The van der Waals surface area contributed by atoms with Crippen LogP contribution < -0.4 is 15.8 Å². The number of halogens is 3. The first kappa shape index (κ1) is 25.3. The molecule has 0 atom stereocenters. The number of aryl methyl sites for hydroxylation is 1. The van der Waals surface area contributed by atoms with Gasteiger partial charge in [0.2, 0.25) is 0 Å². The van der Waals surface area contributed by atoms with Crippen LogP contribution in [0.25, 0.3) is 32.6 Å². The fraction of sp³-hybridized carbons (Fsp3) is 0.103. The summed E-state index contributed by atoms with van der Waals surface area (Å²) in [5.41, 5.74) is 10.2. The quantitative estimate of drug-likeness (QED) is 0.242. The number of anilines is 2. The number of ether oxygens (including phenoxy) is 1. The van der Waals surface area contributed by atoms with Crippen molar-refractivity contribution in [2.45, 2.75) is 13.1 Å². The highest BCUT2D eigenvalue weighted by molar-refractivity contribution is 7.21. The van der Waals surface area contributed by atoms with Crippen LogP contribution in [0.2, 0.25) is 0 Å². The maximum atomic E-state index is 13.2. The molecule has 0 saturated carbocycles. The number of carbonyl (C=O) groups is 1. The number of hydrogen-bond acceptors (Lipinski definition) is 5. The molecule has 0 saturated heterocycles. The van der Waals surface area contributed by atoms with E-state index in [9.17, 15) is 18.0 Å². The van der Waals surface area contributed by atoms with E-state index in [1.165, 1.54) is 12.1 Å². The summed E-state index contributed by atoms with van der Waals surface area (Å²) in [5, 5.41) is 3.16. The minimum Gasteiger partial charge on any atom is -0.497 e. The van der Waals surface area contributed by atoms with E-state index in [4.69, 9.17) is 15.5 Å². The molecule has 1 amide bonds. The van der Waals surface area contributed by atoms with Gasteiger partial charge in [-0.3, -0.25) is 4.79 Å². The van der Waals surface area contributed by atoms with Gasteiger partial charge in [-0.1, -0.05) is 35.9 Å². The second-order valence-electron chi connectivity index (χ2n) is 8.71. The summed E-state index contributed by atoms with van der Waals surface area (Å²) in [6.07, 6.45) is -4.53. The van der Waals surface area contributed by atoms with Crippen LogP contribution >= 0.6 is 11.3 Å². The lowest BCUT2D eigenvalue weighted by Crippen LogP contribution is -2.13. The van der Waals surface area contributed by atoms with E-state index >= 15 is 0 Å². The molecule has 0 fully saturated rings. The molecule has 0 unspecified atom stereocenters. The number of rotatable bonds is 5. The number of nitrogens with two attached hydrogens (primary N) is 1. The lowest BCUT2D eigenvalue weighted by Gasteiger charge is -2.10. The van der Waals surface area contributed by atoms with Crippen molar-refractivity contribution >= 4 is 38.8 Å². The summed E-state index contributed by atoms with van der Waals surface area (Å²) in [6, 6.07) is 21.8. The third-order valence-corrected chi connectivity index (χ3v) is 7.20. The minimum atomic E-state index is -4.53. The first-order valence-corrected chi connectivity index (χ1v) is 12.4. The van der Waals surface area contributed by atoms with E-state index in [0.717, 1.165) is 45.7 Å². The number of pyridine rings is 1. The van der Waals surface area contributed by atoms with Crippen molar-refractivity contribution < 1.29 is 22.7 Å². The predicted molar refractivity (Wildman–Crippen MR) is 146 cm³/mol. The molecule has 0 aliphatic carbocycles. The highest BCUT2D eigenvalue weighted by atomic mass is 32.1. The van der Waals surface area contributed by atoms with Crippen LogP contribution in [-0.2, 0) is 6.18 Å². The van der Waals surface area contributed by atoms with Gasteiger partial charge in [-0.2, -0.15) is 13.2 Å². The van der Waals surface area contributed by atoms with E-state index in [2.05, 4.69) is 5.32 Å². The molecule has 2 aromatic heterocycles. The molecule has 5 nitrogen and oxygen atoms in total. The van der Waals surface area contributed by atoms with Gasteiger partial charge in [0.1, 0.15) is 15.5 Å². The topological polar surface area (TPSA) is 77.2 Å². The van der Waals surface area contributed by atoms with Gasteiger partial charge >= 0.3 is 6.18 Å². The maximum absolute atomic E-state index is 13.2. The van der Waals surface area contributed by atoms with Crippen LogP contribution in [0.3, 0.4) is 0 Å². The van der Waals surface area contributed by atoms with Gasteiger partial charge in [0.15, 0.2) is 0 Å². The van der Waals surface area contributed by atoms with Crippen molar-refractivity contribution in [2.75, 3.05) is 18.2 Å². The third-order valence-electron chi connectivity index (χ3n) is 6.10. The number of fused-ring (bicyclic) bond motifs is 1. The van der Waals surface area contributed by atoms with Crippen molar-refractivity contribution in [3.8, 4) is 28.1 Å². The Labute approximate surface area is 220 Å². The van der Waals surface area contributed by atoms with Gasteiger partial charge in [-0.15, -0.1) is 11.3 Å². The van der Waals surface area contributed by atoms with E-state index in [0.29, 0.717) is 21.7 Å². The molecule has 2 heterocycles. The largest absolute Gasteiger partial charge is 0.497 e. The number of thiophene rings is 1. The Hall–Kier alpha value is -4.37. The summed E-state index contributed by atoms with van der Waals surface area (Å²) >= 11 is 1.09. The molecule has 0 spiro atoms. The standard InChI is InChI=1S/C29H22F3N3O2S/c1-16-6-8-17(9-7-16)22-15-23(18-10-12-21(37-2)13-11-18)35-28-24(22)25(33)26(38-28)27(36)34-20-5-3-4-19(14-20)29(30,31)32/h3-15H,33H2,1-2H3,(H,34,36). The summed E-state index contributed by atoms with van der Waals surface area (Å²) < 4.78 is 44.7. The van der Waals surface area contributed by atoms with Crippen LogP contribution in [0.4, 0.5) is 24.5 Å². The van der Waals surface area contributed by atoms with E-state index < -0.39 is 17.6 Å². The second-order valence-corrected chi connectivity index (χ2v) is 9.71. The summed E-state index contributed by atoms with van der Waals surface area (Å²) in [4.78, 5) is 18.7. The molecule has 5 rings (SSSR count). The first-order chi connectivity index (χ1) is 18.1. The molecular weight excluding hydrogens is 511 g/mol. The van der Waals surface area contributed by atoms with Gasteiger partial charge in [0.25, 0.3) is 5.91 Å². The Morgan fingerprint density at radius 3 is 2.32 bits per heavy atom. The Bertz CT molecular complexity index is 1640. The Morgan fingerprint density at radius 2 is 1.66 bits per heavy atom. The number of methoxy groups -OCH3 is 1. The molecule has 0 radical (unpaired) electrons. The van der Waals surface area contributed by atoms with Crippen molar-refractivity contribution in [2.24, 2.45) is 0 Å². The van der Waals surface area contributed by atoms with Crippen molar-refractivity contribution in [1.29, 1.82) is 0 Å².